The first-order valence-corrected chi connectivity index (χ1v) is 8.23. The van der Waals surface area contributed by atoms with Crippen molar-refractivity contribution < 1.29 is 4.74 Å². The molecule has 0 amide bonds. The Morgan fingerprint density at radius 2 is 1.72 bits per heavy atom. The summed E-state index contributed by atoms with van der Waals surface area (Å²) in [6.07, 6.45) is 13.9. The summed E-state index contributed by atoms with van der Waals surface area (Å²) in [5, 5.41) is 3.56. The smallest absolute Gasteiger partial charge is 0.0685 e. The van der Waals surface area contributed by atoms with Crippen molar-refractivity contribution in [2.24, 2.45) is 11.8 Å². The molecule has 0 radical (unpaired) electrons. The van der Waals surface area contributed by atoms with Crippen molar-refractivity contribution in [3.8, 4) is 0 Å². The summed E-state index contributed by atoms with van der Waals surface area (Å²) in [6.45, 7) is 3.52. The number of nitrogens with one attached hydrogen (secondary N) is 1. The van der Waals surface area contributed by atoms with Gasteiger partial charge in [-0.3, -0.25) is 0 Å². The Labute approximate surface area is 112 Å². The molecule has 2 atom stereocenters. The molecule has 3 fully saturated rings. The van der Waals surface area contributed by atoms with Gasteiger partial charge >= 0.3 is 0 Å². The Morgan fingerprint density at radius 3 is 2.61 bits per heavy atom. The fourth-order valence-electron chi connectivity index (χ4n) is 4.53. The van der Waals surface area contributed by atoms with Crippen molar-refractivity contribution in [2.45, 2.75) is 69.8 Å². The van der Waals surface area contributed by atoms with Gasteiger partial charge in [-0.05, 0) is 69.9 Å². The monoisotopic (exact) mass is 251 g/mol. The first kappa shape index (κ1) is 12.9. The second kappa shape index (κ2) is 5.92. The second-order valence-electron chi connectivity index (χ2n) is 6.79. The zero-order chi connectivity index (χ0) is 12.3. The van der Waals surface area contributed by atoms with Gasteiger partial charge in [0.1, 0.15) is 0 Å². The molecule has 0 aromatic carbocycles. The molecule has 2 heterocycles. The van der Waals surface area contributed by atoms with E-state index in [1.807, 2.05) is 0 Å². The highest BCUT2D eigenvalue weighted by atomic mass is 16.5. The molecule has 18 heavy (non-hydrogen) atoms. The van der Waals surface area contributed by atoms with Gasteiger partial charge in [0.15, 0.2) is 0 Å². The van der Waals surface area contributed by atoms with Crippen molar-refractivity contribution in [1.29, 1.82) is 0 Å². The van der Waals surface area contributed by atoms with Gasteiger partial charge in [0.25, 0.3) is 0 Å². The van der Waals surface area contributed by atoms with E-state index >= 15 is 0 Å². The average molecular weight is 251 g/mol. The molecule has 2 heteroatoms. The first-order chi connectivity index (χ1) is 8.88. The SMILES string of the molecule is C1CCC2(CC1)CC(C1CCCNCC1)CCO2. The van der Waals surface area contributed by atoms with Crippen LogP contribution in [0.15, 0.2) is 0 Å². The van der Waals surface area contributed by atoms with Gasteiger partial charge in [-0.15, -0.1) is 0 Å². The van der Waals surface area contributed by atoms with E-state index in [1.165, 1.54) is 77.3 Å². The number of ether oxygens (including phenoxy) is 1. The van der Waals surface area contributed by atoms with Gasteiger partial charge in [-0.1, -0.05) is 19.3 Å². The highest BCUT2D eigenvalue weighted by Gasteiger charge is 2.40. The molecule has 0 bridgehead atoms. The minimum atomic E-state index is 0.306. The molecular formula is C16H29NO. The maximum Gasteiger partial charge on any atom is 0.0685 e. The quantitative estimate of drug-likeness (QED) is 0.770. The molecule has 2 saturated heterocycles. The predicted octanol–water partition coefficient (Wildman–Crippen LogP) is 3.51. The van der Waals surface area contributed by atoms with Crippen LogP contribution in [0.1, 0.15) is 64.2 Å². The van der Waals surface area contributed by atoms with Crippen molar-refractivity contribution >= 4 is 0 Å². The van der Waals surface area contributed by atoms with E-state index in [4.69, 9.17) is 4.74 Å². The standard InChI is InChI=1S/C16H29NO/c1-2-8-16(9-3-1)13-15(7-12-18-16)14-5-4-10-17-11-6-14/h14-15,17H,1-13H2. The van der Waals surface area contributed by atoms with Crippen LogP contribution < -0.4 is 5.32 Å². The summed E-state index contributed by atoms with van der Waals surface area (Å²) >= 11 is 0. The Bertz CT molecular complexity index is 246. The van der Waals surface area contributed by atoms with Gasteiger partial charge in [0.05, 0.1) is 5.60 Å². The van der Waals surface area contributed by atoms with Crippen LogP contribution in [0.25, 0.3) is 0 Å². The normalized spacial score (nSPS) is 37.3. The molecule has 0 aromatic heterocycles. The fourth-order valence-corrected chi connectivity index (χ4v) is 4.53. The fraction of sp³-hybridized carbons (Fsp3) is 1.00. The summed E-state index contributed by atoms with van der Waals surface area (Å²) in [7, 11) is 0. The lowest BCUT2D eigenvalue weighted by Gasteiger charge is -2.45. The van der Waals surface area contributed by atoms with Crippen molar-refractivity contribution in [3.63, 3.8) is 0 Å². The molecule has 3 aliphatic rings. The lowest BCUT2D eigenvalue weighted by molar-refractivity contribution is -0.125. The molecule has 104 valence electrons. The van der Waals surface area contributed by atoms with E-state index < -0.39 is 0 Å². The Morgan fingerprint density at radius 1 is 0.833 bits per heavy atom. The van der Waals surface area contributed by atoms with E-state index in [1.54, 1.807) is 0 Å². The van der Waals surface area contributed by atoms with E-state index in [0.717, 1.165) is 18.4 Å². The zero-order valence-corrected chi connectivity index (χ0v) is 11.8. The third-order valence-electron chi connectivity index (χ3n) is 5.58. The van der Waals surface area contributed by atoms with Crippen LogP contribution in [0, 0.1) is 11.8 Å². The minimum Gasteiger partial charge on any atom is -0.375 e. The summed E-state index contributed by atoms with van der Waals surface area (Å²) in [5.74, 6) is 1.93. The summed E-state index contributed by atoms with van der Waals surface area (Å²) in [4.78, 5) is 0. The van der Waals surface area contributed by atoms with Crippen LogP contribution in [0.3, 0.4) is 0 Å². The summed E-state index contributed by atoms with van der Waals surface area (Å²) < 4.78 is 6.24. The van der Waals surface area contributed by atoms with Crippen LogP contribution in [0.2, 0.25) is 0 Å². The number of hydrogen-bond donors (Lipinski definition) is 1. The molecule has 1 aliphatic carbocycles. The van der Waals surface area contributed by atoms with Gasteiger partial charge in [-0.2, -0.15) is 0 Å². The number of hydrogen-bond acceptors (Lipinski definition) is 2. The van der Waals surface area contributed by atoms with Crippen LogP contribution in [-0.4, -0.2) is 25.3 Å². The molecular weight excluding hydrogens is 222 g/mol. The molecule has 0 aromatic rings. The molecule has 1 N–H and O–H groups in total. The third-order valence-corrected chi connectivity index (χ3v) is 5.58. The Hall–Kier alpha value is -0.0800. The van der Waals surface area contributed by atoms with Crippen molar-refractivity contribution in [2.75, 3.05) is 19.7 Å². The molecule has 1 spiro atoms. The summed E-state index contributed by atoms with van der Waals surface area (Å²) in [5.41, 5.74) is 0.306. The van der Waals surface area contributed by atoms with Crippen LogP contribution >= 0.6 is 0 Å². The van der Waals surface area contributed by atoms with E-state index in [9.17, 15) is 0 Å². The highest BCUT2D eigenvalue weighted by molar-refractivity contribution is 4.91. The van der Waals surface area contributed by atoms with Gasteiger partial charge in [0.2, 0.25) is 0 Å². The van der Waals surface area contributed by atoms with Gasteiger partial charge < -0.3 is 10.1 Å². The first-order valence-electron chi connectivity index (χ1n) is 8.23. The largest absolute Gasteiger partial charge is 0.375 e. The maximum atomic E-state index is 6.24. The van der Waals surface area contributed by atoms with E-state index in [2.05, 4.69) is 5.32 Å². The Balaban J connectivity index is 1.61. The second-order valence-corrected chi connectivity index (χ2v) is 6.79. The zero-order valence-electron chi connectivity index (χ0n) is 11.8. The Kier molecular flexibility index (Phi) is 4.25. The highest BCUT2D eigenvalue weighted by Crippen LogP contribution is 2.44. The lowest BCUT2D eigenvalue weighted by Crippen LogP contribution is -2.43. The molecule has 1 saturated carbocycles. The molecule has 2 aliphatic heterocycles. The van der Waals surface area contributed by atoms with Gasteiger partial charge in [0, 0.05) is 6.61 Å². The van der Waals surface area contributed by atoms with Crippen LogP contribution in [0.5, 0.6) is 0 Å². The van der Waals surface area contributed by atoms with Crippen molar-refractivity contribution in [1.82, 2.24) is 5.32 Å². The van der Waals surface area contributed by atoms with Crippen molar-refractivity contribution in [3.05, 3.63) is 0 Å². The predicted molar refractivity (Wildman–Crippen MR) is 74.7 cm³/mol. The maximum absolute atomic E-state index is 6.24. The lowest BCUT2D eigenvalue weighted by atomic mass is 9.71. The third kappa shape index (κ3) is 2.91. The molecule has 2 nitrogen and oxygen atoms in total. The van der Waals surface area contributed by atoms with Crippen LogP contribution in [0.4, 0.5) is 0 Å². The number of rotatable bonds is 1. The topological polar surface area (TPSA) is 21.3 Å². The van der Waals surface area contributed by atoms with E-state index in [-0.39, 0.29) is 0 Å². The summed E-state index contributed by atoms with van der Waals surface area (Å²) in [6, 6.07) is 0. The average Bonchev–Trinajstić information content (AvgIpc) is 2.68. The molecule has 3 rings (SSSR count). The van der Waals surface area contributed by atoms with Gasteiger partial charge in [-0.25, -0.2) is 0 Å². The minimum absolute atomic E-state index is 0.306. The molecule has 2 unspecified atom stereocenters. The van der Waals surface area contributed by atoms with E-state index in [0.29, 0.717) is 5.60 Å². The van der Waals surface area contributed by atoms with Crippen LogP contribution in [-0.2, 0) is 4.74 Å².